The molecule has 0 aliphatic rings. The van der Waals surface area contributed by atoms with E-state index in [9.17, 15) is 0 Å². The van der Waals surface area contributed by atoms with Crippen LogP contribution in [-0.2, 0) is 11.8 Å². The maximum Gasteiger partial charge on any atom is 0.157 e. The molecular formula is C13H18ClN3. The Kier molecular flexibility index (Phi) is 2.90. The number of fused-ring (bicyclic) bond motifs is 1. The highest BCUT2D eigenvalue weighted by atomic mass is 35.5. The molecule has 92 valence electrons. The first-order chi connectivity index (χ1) is 7.84. The van der Waals surface area contributed by atoms with Gasteiger partial charge in [-0.2, -0.15) is 5.10 Å². The molecule has 0 aromatic carbocycles. The van der Waals surface area contributed by atoms with Gasteiger partial charge in [0.1, 0.15) is 5.15 Å². The zero-order valence-corrected chi connectivity index (χ0v) is 11.8. The van der Waals surface area contributed by atoms with Crippen molar-refractivity contribution < 1.29 is 0 Å². The lowest BCUT2D eigenvalue weighted by Crippen LogP contribution is -2.12. The average Bonchev–Trinajstić information content (AvgIpc) is 2.61. The minimum Gasteiger partial charge on any atom is -0.233 e. The van der Waals surface area contributed by atoms with E-state index < -0.39 is 0 Å². The molecular weight excluding hydrogens is 234 g/mol. The lowest BCUT2D eigenvalue weighted by Gasteiger charge is -2.13. The minimum absolute atomic E-state index is 0.0112. The maximum atomic E-state index is 6.37. The number of rotatable bonds is 1. The first kappa shape index (κ1) is 12.4. The third-order valence-corrected chi connectivity index (χ3v) is 3.35. The molecule has 0 spiro atoms. The third-order valence-electron chi connectivity index (χ3n) is 2.97. The molecule has 0 bridgehead atoms. The summed E-state index contributed by atoms with van der Waals surface area (Å²) in [5.41, 5.74) is 3.92. The Morgan fingerprint density at radius 1 is 1.35 bits per heavy atom. The van der Waals surface area contributed by atoms with Gasteiger partial charge in [-0.15, -0.1) is 0 Å². The normalized spacial score (nSPS) is 12.4. The van der Waals surface area contributed by atoms with Crippen molar-refractivity contribution in [2.75, 3.05) is 0 Å². The van der Waals surface area contributed by atoms with E-state index >= 15 is 0 Å². The lowest BCUT2D eigenvalue weighted by molar-refractivity contribution is 0.562. The molecule has 2 aromatic heterocycles. The maximum absolute atomic E-state index is 6.37. The molecule has 2 heterocycles. The molecule has 0 aliphatic carbocycles. The van der Waals surface area contributed by atoms with Gasteiger partial charge >= 0.3 is 0 Å². The van der Waals surface area contributed by atoms with Crippen LogP contribution in [-0.4, -0.2) is 14.6 Å². The molecule has 0 N–H and O–H groups in total. The van der Waals surface area contributed by atoms with Crippen molar-refractivity contribution in [1.29, 1.82) is 0 Å². The Morgan fingerprint density at radius 2 is 2.00 bits per heavy atom. The van der Waals surface area contributed by atoms with Crippen molar-refractivity contribution in [3.05, 3.63) is 28.2 Å². The van der Waals surface area contributed by atoms with Crippen molar-refractivity contribution >= 4 is 17.2 Å². The molecule has 0 aliphatic heterocycles. The summed E-state index contributed by atoms with van der Waals surface area (Å²) >= 11 is 6.37. The first-order valence-corrected chi connectivity index (χ1v) is 6.27. The number of hydrogen-bond acceptors (Lipinski definition) is 2. The second-order valence-corrected chi connectivity index (χ2v) is 5.73. The molecule has 2 aromatic rings. The molecule has 2 rings (SSSR count). The fourth-order valence-corrected chi connectivity index (χ4v) is 2.27. The van der Waals surface area contributed by atoms with Gasteiger partial charge < -0.3 is 0 Å². The van der Waals surface area contributed by atoms with Gasteiger partial charge in [0.2, 0.25) is 0 Å². The summed E-state index contributed by atoms with van der Waals surface area (Å²) < 4.78 is 1.74. The zero-order chi connectivity index (χ0) is 12.8. The van der Waals surface area contributed by atoms with Gasteiger partial charge in [0.05, 0.1) is 5.69 Å². The second kappa shape index (κ2) is 3.98. The van der Waals surface area contributed by atoms with Crippen LogP contribution >= 0.6 is 11.6 Å². The van der Waals surface area contributed by atoms with E-state index in [1.54, 1.807) is 4.52 Å². The highest BCUT2D eigenvalue weighted by Gasteiger charge is 2.20. The van der Waals surface area contributed by atoms with Crippen LogP contribution in [0.15, 0.2) is 6.07 Å². The highest BCUT2D eigenvalue weighted by molar-refractivity contribution is 6.30. The van der Waals surface area contributed by atoms with Crippen LogP contribution in [0.2, 0.25) is 5.15 Å². The molecule has 0 unspecified atom stereocenters. The molecule has 0 atom stereocenters. The molecule has 0 saturated carbocycles. The van der Waals surface area contributed by atoms with Crippen molar-refractivity contribution in [3.63, 3.8) is 0 Å². The van der Waals surface area contributed by atoms with Gasteiger partial charge in [0.15, 0.2) is 5.65 Å². The summed E-state index contributed by atoms with van der Waals surface area (Å²) in [4.78, 5) is 4.56. The van der Waals surface area contributed by atoms with Crippen LogP contribution in [0.25, 0.3) is 5.65 Å². The Morgan fingerprint density at radius 3 is 2.53 bits per heavy atom. The molecule has 17 heavy (non-hydrogen) atoms. The van der Waals surface area contributed by atoms with Crippen LogP contribution in [0.1, 0.15) is 44.6 Å². The summed E-state index contributed by atoms with van der Waals surface area (Å²) in [5.74, 6) is 0. The van der Waals surface area contributed by atoms with Crippen molar-refractivity contribution in [1.82, 2.24) is 14.6 Å². The van der Waals surface area contributed by atoms with Crippen LogP contribution in [0.5, 0.6) is 0 Å². The molecule has 3 nitrogen and oxygen atoms in total. The van der Waals surface area contributed by atoms with E-state index in [1.807, 2.05) is 13.0 Å². The Bertz CT molecular complexity index is 564. The molecule has 0 amide bonds. The van der Waals surface area contributed by atoms with Crippen LogP contribution < -0.4 is 0 Å². The predicted molar refractivity (Wildman–Crippen MR) is 70.8 cm³/mol. The zero-order valence-electron chi connectivity index (χ0n) is 11.0. The standard InChI is InChI=1S/C13H18ClN3/c1-6-9-8(2)15-11-7-10(13(3,4)5)16-17(11)12(9)14/h7H,6H2,1-5H3. The van der Waals surface area contributed by atoms with Crippen LogP contribution in [0.3, 0.4) is 0 Å². The highest BCUT2D eigenvalue weighted by Crippen LogP contribution is 2.25. The van der Waals surface area contributed by atoms with Gasteiger partial charge in [-0.25, -0.2) is 9.50 Å². The Balaban J connectivity index is 2.74. The van der Waals surface area contributed by atoms with Crippen LogP contribution in [0.4, 0.5) is 0 Å². The van der Waals surface area contributed by atoms with Gasteiger partial charge in [0.25, 0.3) is 0 Å². The third kappa shape index (κ3) is 2.04. The fourth-order valence-electron chi connectivity index (χ4n) is 1.88. The summed E-state index contributed by atoms with van der Waals surface area (Å²) in [5, 5.41) is 5.24. The SMILES string of the molecule is CCc1c(C)nc2cc(C(C)(C)C)nn2c1Cl. The number of aryl methyl sites for hydroxylation is 1. The van der Waals surface area contributed by atoms with Gasteiger partial charge in [0, 0.05) is 22.7 Å². The van der Waals surface area contributed by atoms with E-state index in [1.165, 1.54) is 0 Å². The number of nitrogens with zero attached hydrogens (tertiary/aromatic N) is 3. The second-order valence-electron chi connectivity index (χ2n) is 5.37. The summed E-state index contributed by atoms with van der Waals surface area (Å²) in [6, 6.07) is 2.01. The predicted octanol–water partition coefficient (Wildman–Crippen LogP) is 3.55. The number of hydrogen-bond donors (Lipinski definition) is 0. The number of halogens is 1. The largest absolute Gasteiger partial charge is 0.233 e. The van der Waals surface area contributed by atoms with E-state index in [0.29, 0.717) is 5.15 Å². The average molecular weight is 252 g/mol. The molecule has 0 fully saturated rings. The summed E-state index contributed by atoms with van der Waals surface area (Å²) in [7, 11) is 0. The van der Waals surface area contributed by atoms with Crippen molar-refractivity contribution in [2.45, 2.75) is 46.5 Å². The van der Waals surface area contributed by atoms with Gasteiger partial charge in [-0.05, 0) is 13.3 Å². The number of aromatic nitrogens is 3. The minimum atomic E-state index is 0.0112. The van der Waals surface area contributed by atoms with Gasteiger partial charge in [-0.1, -0.05) is 39.3 Å². The monoisotopic (exact) mass is 251 g/mol. The van der Waals surface area contributed by atoms with E-state index in [0.717, 1.165) is 29.0 Å². The molecule has 0 radical (unpaired) electrons. The molecule has 0 saturated heterocycles. The lowest BCUT2D eigenvalue weighted by atomic mass is 9.93. The Labute approximate surface area is 107 Å². The summed E-state index contributed by atoms with van der Waals surface area (Å²) in [6.45, 7) is 10.5. The first-order valence-electron chi connectivity index (χ1n) is 5.90. The fraction of sp³-hybridized carbons (Fsp3) is 0.538. The van der Waals surface area contributed by atoms with E-state index in [2.05, 4.69) is 37.8 Å². The summed E-state index contributed by atoms with van der Waals surface area (Å²) in [6.07, 6.45) is 0.873. The van der Waals surface area contributed by atoms with Crippen molar-refractivity contribution in [2.24, 2.45) is 0 Å². The smallest absolute Gasteiger partial charge is 0.157 e. The topological polar surface area (TPSA) is 30.2 Å². The van der Waals surface area contributed by atoms with E-state index in [4.69, 9.17) is 11.6 Å². The quantitative estimate of drug-likeness (QED) is 0.726. The van der Waals surface area contributed by atoms with Gasteiger partial charge in [-0.3, -0.25) is 0 Å². The Hall–Kier alpha value is -1.09. The van der Waals surface area contributed by atoms with Crippen LogP contribution in [0, 0.1) is 6.92 Å². The molecule has 4 heteroatoms. The van der Waals surface area contributed by atoms with Crippen molar-refractivity contribution in [3.8, 4) is 0 Å². The van der Waals surface area contributed by atoms with E-state index in [-0.39, 0.29) is 5.41 Å².